The third-order valence-electron chi connectivity index (χ3n) is 2.58. The maximum atomic E-state index is 11.4. The Kier molecular flexibility index (Phi) is 1.79. The van der Waals surface area contributed by atoms with Crippen molar-refractivity contribution in [1.82, 2.24) is 5.32 Å². The minimum Gasteiger partial charge on any atom is -0.454 e. The van der Waals surface area contributed by atoms with Crippen LogP contribution in [0.15, 0.2) is 0 Å². The number of nitrogens with one attached hydrogen (secondary N) is 1. The van der Waals surface area contributed by atoms with E-state index in [1.165, 1.54) is 6.42 Å². The van der Waals surface area contributed by atoms with Crippen LogP contribution in [0, 0.1) is 0 Å². The average Bonchev–Trinajstić information content (AvgIpc) is 2.29. The van der Waals surface area contributed by atoms with Crippen molar-refractivity contribution >= 4 is 23.3 Å². The van der Waals surface area contributed by atoms with Crippen molar-refractivity contribution < 1.29 is 9.53 Å². The van der Waals surface area contributed by atoms with Gasteiger partial charge in [-0.25, -0.2) is 0 Å². The molecule has 0 aromatic rings. The van der Waals surface area contributed by atoms with Gasteiger partial charge in [0.1, 0.15) is 0 Å². The lowest BCUT2D eigenvalue weighted by molar-refractivity contribution is -0.133. The number of thiocarbonyl (C=S) groups is 1. The summed E-state index contributed by atoms with van der Waals surface area (Å²) in [5.74, 6) is -0.0350. The first-order chi connectivity index (χ1) is 5.73. The minimum atomic E-state index is -0.588. The Bertz CT molecular complexity index is 233. The van der Waals surface area contributed by atoms with Crippen LogP contribution in [-0.4, -0.2) is 16.7 Å². The first-order valence-electron chi connectivity index (χ1n) is 4.27. The van der Waals surface area contributed by atoms with E-state index in [1.807, 2.05) is 0 Å². The zero-order valence-electron chi connectivity index (χ0n) is 6.76. The van der Waals surface area contributed by atoms with Crippen LogP contribution in [-0.2, 0) is 9.53 Å². The number of carbonyl (C=O) groups excluding carboxylic acids is 1. The Labute approximate surface area is 76.5 Å². The van der Waals surface area contributed by atoms with Crippen molar-refractivity contribution in [3.63, 3.8) is 0 Å². The van der Waals surface area contributed by atoms with Gasteiger partial charge in [0.25, 0.3) is 11.1 Å². The first kappa shape index (κ1) is 7.98. The summed E-state index contributed by atoms with van der Waals surface area (Å²) in [6.07, 6.45) is 4.97. The Morgan fingerprint density at radius 2 is 2.00 bits per heavy atom. The van der Waals surface area contributed by atoms with Crippen molar-refractivity contribution in [2.24, 2.45) is 0 Å². The maximum Gasteiger partial charge on any atom is 0.271 e. The molecule has 66 valence electrons. The number of ether oxygens (including phenoxy) is 1. The van der Waals surface area contributed by atoms with Gasteiger partial charge in [0.05, 0.1) is 0 Å². The number of hydrogen-bond acceptors (Lipinski definition) is 3. The highest BCUT2D eigenvalue weighted by Crippen LogP contribution is 2.34. The quantitative estimate of drug-likeness (QED) is 0.575. The lowest BCUT2D eigenvalue weighted by Crippen LogP contribution is -2.40. The van der Waals surface area contributed by atoms with Gasteiger partial charge in [-0.1, -0.05) is 6.42 Å². The van der Waals surface area contributed by atoms with Crippen LogP contribution in [0.4, 0.5) is 0 Å². The molecule has 0 bridgehead atoms. The SMILES string of the molecule is O=C1NC(=S)OC12CCCCC2. The summed E-state index contributed by atoms with van der Waals surface area (Å²) < 4.78 is 5.37. The molecule has 1 spiro atoms. The fourth-order valence-corrected chi connectivity index (χ4v) is 2.16. The summed E-state index contributed by atoms with van der Waals surface area (Å²) in [5, 5.41) is 2.80. The van der Waals surface area contributed by atoms with Crippen molar-refractivity contribution in [2.75, 3.05) is 0 Å². The van der Waals surface area contributed by atoms with Gasteiger partial charge in [-0.15, -0.1) is 0 Å². The lowest BCUT2D eigenvalue weighted by atomic mass is 9.84. The van der Waals surface area contributed by atoms with Crippen LogP contribution in [0.25, 0.3) is 0 Å². The van der Waals surface area contributed by atoms with Gasteiger partial charge in [0, 0.05) is 0 Å². The standard InChI is InChI=1S/C8H11NO2S/c10-6-8(11-7(12)9-6)4-2-1-3-5-8/h1-5H2,(H,9,10,12). The zero-order chi connectivity index (χ0) is 8.60. The van der Waals surface area contributed by atoms with Gasteiger partial charge in [-0.2, -0.15) is 0 Å². The van der Waals surface area contributed by atoms with Crippen LogP contribution in [0.1, 0.15) is 32.1 Å². The molecule has 2 aliphatic rings. The third-order valence-corrected chi connectivity index (χ3v) is 2.76. The average molecular weight is 185 g/mol. The van der Waals surface area contributed by atoms with Gasteiger partial charge >= 0.3 is 0 Å². The molecule has 1 saturated carbocycles. The van der Waals surface area contributed by atoms with Crippen LogP contribution in [0.2, 0.25) is 0 Å². The predicted octanol–water partition coefficient (Wildman–Crippen LogP) is 1.12. The highest BCUT2D eigenvalue weighted by atomic mass is 32.1. The number of carbonyl (C=O) groups is 1. The normalized spacial score (nSPS) is 27.0. The summed E-state index contributed by atoms with van der Waals surface area (Å²) in [4.78, 5) is 11.4. The van der Waals surface area contributed by atoms with Crippen molar-refractivity contribution in [1.29, 1.82) is 0 Å². The monoisotopic (exact) mass is 185 g/mol. The van der Waals surface area contributed by atoms with Gasteiger partial charge in [-0.3, -0.25) is 10.1 Å². The molecule has 1 N–H and O–H groups in total. The van der Waals surface area contributed by atoms with Crippen molar-refractivity contribution in [3.8, 4) is 0 Å². The van der Waals surface area contributed by atoms with Crippen LogP contribution in [0.5, 0.6) is 0 Å². The van der Waals surface area contributed by atoms with Crippen LogP contribution >= 0.6 is 12.2 Å². The molecule has 2 rings (SSSR count). The summed E-state index contributed by atoms with van der Waals surface area (Å²) in [6, 6.07) is 0. The molecule has 12 heavy (non-hydrogen) atoms. The number of amides is 1. The summed E-state index contributed by atoms with van der Waals surface area (Å²) in [6.45, 7) is 0. The fourth-order valence-electron chi connectivity index (χ4n) is 1.91. The van der Waals surface area contributed by atoms with Crippen LogP contribution < -0.4 is 5.32 Å². The molecule has 1 amide bonds. The molecule has 1 aliphatic carbocycles. The van der Waals surface area contributed by atoms with Gasteiger partial charge in [-0.05, 0) is 37.9 Å². The topological polar surface area (TPSA) is 38.3 Å². The molecule has 2 fully saturated rings. The molecule has 0 aromatic heterocycles. The van der Waals surface area contributed by atoms with E-state index in [4.69, 9.17) is 17.0 Å². The minimum absolute atomic E-state index is 0.0350. The van der Waals surface area contributed by atoms with Crippen molar-refractivity contribution in [3.05, 3.63) is 0 Å². The van der Waals surface area contributed by atoms with Gasteiger partial charge in [0.15, 0.2) is 5.60 Å². The predicted molar refractivity (Wildman–Crippen MR) is 47.6 cm³/mol. The summed E-state index contributed by atoms with van der Waals surface area (Å²) >= 11 is 4.80. The number of rotatable bonds is 0. The molecule has 0 radical (unpaired) electrons. The van der Waals surface area contributed by atoms with E-state index < -0.39 is 5.60 Å². The molecule has 0 atom stereocenters. The molecule has 4 heteroatoms. The Balaban J connectivity index is 2.18. The van der Waals surface area contributed by atoms with E-state index in [9.17, 15) is 4.79 Å². The zero-order valence-corrected chi connectivity index (χ0v) is 7.58. The third kappa shape index (κ3) is 1.10. The second kappa shape index (κ2) is 2.69. The van der Waals surface area contributed by atoms with E-state index in [2.05, 4.69) is 5.32 Å². The van der Waals surface area contributed by atoms with Crippen LogP contribution in [0.3, 0.4) is 0 Å². The van der Waals surface area contributed by atoms with E-state index in [-0.39, 0.29) is 11.1 Å². The van der Waals surface area contributed by atoms with E-state index in [0.717, 1.165) is 25.7 Å². The molecular formula is C8H11NO2S. The highest BCUT2D eigenvalue weighted by molar-refractivity contribution is 7.80. The second-order valence-electron chi connectivity index (χ2n) is 3.40. The van der Waals surface area contributed by atoms with Gasteiger partial charge in [0.2, 0.25) is 0 Å². The molecule has 0 aromatic carbocycles. The molecule has 0 unspecified atom stereocenters. The molecule has 1 heterocycles. The van der Waals surface area contributed by atoms with E-state index in [1.54, 1.807) is 0 Å². The Hall–Kier alpha value is -0.640. The van der Waals surface area contributed by atoms with Crippen molar-refractivity contribution in [2.45, 2.75) is 37.7 Å². The Morgan fingerprint density at radius 3 is 2.50 bits per heavy atom. The summed E-state index contributed by atoms with van der Waals surface area (Å²) in [5.41, 5.74) is -0.588. The smallest absolute Gasteiger partial charge is 0.271 e. The highest BCUT2D eigenvalue weighted by Gasteiger charge is 2.47. The summed E-state index contributed by atoms with van der Waals surface area (Å²) in [7, 11) is 0. The lowest BCUT2D eigenvalue weighted by Gasteiger charge is -2.28. The van der Waals surface area contributed by atoms with Gasteiger partial charge < -0.3 is 4.74 Å². The fraction of sp³-hybridized carbons (Fsp3) is 0.750. The Morgan fingerprint density at radius 1 is 1.33 bits per heavy atom. The molecular weight excluding hydrogens is 174 g/mol. The maximum absolute atomic E-state index is 11.4. The molecule has 3 nitrogen and oxygen atoms in total. The second-order valence-corrected chi connectivity index (χ2v) is 3.77. The molecule has 1 aliphatic heterocycles. The largest absolute Gasteiger partial charge is 0.454 e. The number of hydrogen-bond donors (Lipinski definition) is 1. The first-order valence-corrected chi connectivity index (χ1v) is 4.68. The van der Waals surface area contributed by atoms with E-state index in [0.29, 0.717) is 0 Å². The molecule has 1 saturated heterocycles. The van der Waals surface area contributed by atoms with E-state index >= 15 is 0 Å².